The number of nitrogens with zero attached hydrogens (tertiary/aromatic N) is 4. The first-order valence-electron chi connectivity index (χ1n) is 6.55. The van der Waals surface area contributed by atoms with Gasteiger partial charge in [0.15, 0.2) is 5.82 Å². The van der Waals surface area contributed by atoms with Gasteiger partial charge in [-0.25, -0.2) is 4.98 Å². The first kappa shape index (κ1) is 13.6. The van der Waals surface area contributed by atoms with Crippen molar-refractivity contribution in [2.24, 2.45) is 0 Å². The van der Waals surface area contributed by atoms with Crippen molar-refractivity contribution < 1.29 is 0 Å². The van der Waals surface area contributed by atoms with Crippen LogP contribution in [0.25, 0.3) is 5.65 Å². The minimum atomic E-state index is 0.619. The molecular weight excluding hydrogens is 288 g/mol. The quantitative estimate of drug-likeness (QED) is 0.775. The average molecular weight is 303 g/mol. The highest BCUT2D eigenvalue weighted by molar-refractivity contribution is 6.31. The molecule has 0 spiro atoms. The van der Waals surface area contributed by atoms with Crippen molar-refractivity contribution in [1.82, 2.24) is 19.6 Å². The van der Waals surface area contributed by atoms with E-state index < -0.39 is 0 Å². The smallest absolute Gasteiger partial charge is 0.228 e. The Bertz CT molecular complexity index is 782. The second kappa shape index (κ2) is 5.57. The van der Waals surface area contributed by atoms with Crippen LogP contribution in [0.2, 0.25) is 5.02 Å². The van der Waals surface area contributed by atoms with Gasteiger partial charge in [-0.1, -0.05) is 23.7 Å². The van der Waals surface area contributed by atoms with Crippen molar-refractivity contribution in [3.8, 4) is 0 Å². The Balaban J connectivity index is 1.85. The third-order valence-corrected chi connectivity index (χ3v) is 3.65. The van der Waals surface area contributed by atoms with Crippen LogP contribution in [0.15, 0.2) is 30.6 Å². The number of anilines is 2. The Morgan fingerprint density at radius 2 is 2.14 bits per heavy atom. The molecule has 3 aromatic rings. The fourth-order valence-corrected chi connectivity index (χ4v) is 2.26. The van der Waals surface area contributed by atoms with Gasteiger partial charge in [0.2, 0.25) is 11.6 Å². The molecule has 7 heteroatoms. The van der Waals surface area contributed by atoms with E-state index in [0.29, 0.717) is 24.0 Å². The SMILES string of the molecule is CNc1nnc2c(NCc3ccc(C)c(Cl)c3)nccn12. The van der Waals surface area contributed by atoms with Gasteiger partial charge in [0.1, 0.15) is 0 Å². The zero-order valence-electron chi connectivity index (χ0n) is 11.8. The fraction of sp³-hybridized carbons (Fsp3) is 0.214. The predicted octanol–water partition coefficient (Wildman–Crippen LogP) is 2.74. The Kier molecular flexibility index (Phi) is 3.62. The minimum absolute atomic E-state index is 0.619. The Morgan fingerprint density at radius 1 is 1.29 bits per heavy atom. The summed E-state index contributed by atoms with van der Waals surface area (Å²) in [4.78, 5) is 4.31. The number of aromatic nitrogens is 4. The van der Waals surface area contributed by atoms with Crippen molar-refractivity contribution in [3.05, 3.63) is 46.7 Å². The van der Waals surface area contributed by atoms with E-state index in [2.05, 4.69) is 25.8 Å². The molecule has 0 aliphatic rings. The maximum Gasteiger partial charge on any atom is 0.228 e. The van der Waals surface area contributed by atoms with Crippen LogP contribution < -0.4 is 10.6 Å². The highest BCUT2D eigenvalue weighted by Crippen LogP contribution is 2.19. The largest absolute Gasteiger partial charge is 0.363 e. The van der Waals surface area contributed by atoms with Gasteiger partial charge < -0.3 is 10.6 Å². The molecule has 0 amide bonds. The highest BCUT2D eigenvalue weighted by Gasteiger charge is 2.09. The lowest BCUT2D eigenvalue weighted by Crippen LogP contribution is -2.04. The van der Waals surface area contributed by atoms with Gasteiger partial charge in [-0.15, -0.1) is 10.2 Å². The average Bonchev–Trinajstić information content (AvgIpc) is 2.92. The van der Waals surface area contributed by atoms with Crippen molar-refractivity contribution in [3.63, 3.8) is 0 Å². The lowest BCUT2D eigenvalue weighted by molar-refractivity contribution is 1.07. The Hall–Kier alpha value is -2.34. The Labute approximate surface area is 127 Å². The molecule has 0 bridgehead atoms. The summed E-state index contributed by atoms with van der Waals surface area (Å²) in [7, 11) is 1.80. The standard InChI is InChI=1S/C14H15ClN6/c1-9-3-4-10(7-11(9)15)8-18-12-13-19-20-14(16-2)21(13)6-5-17-12/h3-7H,8H2,1-2H3,(H,16,20)(H,17,18). The molecule has 2 N–H and O–H groups in total. The first-order valence-corrected chi connectivity index (χ1v) is 6.93. The van der Waals surface area contributed by atoms with E-state index in [1.807, 2.05) is 35.7 Å². The van der Waals surface area contributed by atoms with Crippen LogP contribution >= 0.6 is 11.6 Å². The molecule has 0 radical (unpaired) electrons. The van der Waals surface area contributed by atoms with Crippen LogP contribution in [0.1, 0.15) is 11.1 Å². The van der Waals surface area contributed by atoms with Crippen LogP contribution in [0.3, 0.4) is 0 Å². The van der Waals surface area contributed by atoms with E-state index in [9.17, 15) is 0 Å². The first-order chi connectivity index (χ1) is 10.2. The van der Waals surface area contributed by atoms with Crippen molar-refractivity contribution >= 4 is 29.0 Å². The molecule has 3 rings (SSSR count). The zero-order valence-corrected chi connectivity index (χ0v) is 12.5. The van der Waals surface area contributed by atoms with Gasteiger partial charge in [-0.3, -0.25) is 4.40 Å². The predicted molar refractivity (Wildman–Crippen MR) is 83.8 cm³/mol. The molecule has 0 fully saturated rings. The lowest BCUT2D eigenvalue weighted by atomic mass is 10.1. The van der Waals surface area contributed by atoms with Crippen LogP contribution in [-0.2, 0) is 6.54 Å². The van der Waals surface area contributed by atoms with Gasteiger partial charge in [-0.05, 0) is 24.1 Å². The van der Waals surface area contributed by atoms with E-state index in [4.69, 9.17) is 11.6 Å². The van der Waals surface area contributed by atoms with E-state index in [1.165, 1.54) is 0 Å². The number of hydrogen-bond donors (Lipinski definition) is 2. The summed E-state index contributed by atoms with van der Waals surface area (Å²) in [5, 5.41) is 15.2. The Morgan fingerprint density at radius 3 is 2.90 bits per heavy atom. The molecule has 0 atom stereocenters. The summed E-state index contributed by atoms with van der Waals surface area (Å²) in [5.74, 6) is 1.36. The molecule has 0 saturated heterocycles. The van der Waals surface area contributed by atoms with Crippen molar-refractivity contribution in [2.75, 3.05) is 17.7 Å². The maximum atomic E-state index is 6.13. The fourth-order valence-electron chi connectivity index (χ4n) is 2.05. The lowest BCUT2D eigenvalue weighted by Gasteiger charge is -2.08. The number of rotatable bonds is 4. The summed E-state index contributed by atoms with van der Waals surface area (Å²) in [6.07, 6.45) is 3.52. The van der Waals surface area contributed by atoms with Crippen LogP contribution in [0, 0.1) is 6.92 Å². The van der Waals surface area contributed by atoms with Gasteiger partial charge in [0, 0.05) is 31.0 Å². The third-order valence-electron chi connectivity index (χ3n) is 3.25. The molecule has 1 aromatic carbocycles. The number of aryl methyl sites for hydroxylation is 1. The van der Waals surface area contributed by atoms with Crippen LogP contribution in [-0.4, -0.2) is 26.6 Å². The summed E-state index contributed by atoms with van der Waals surface area (Å²) in [6, 6.07) is 5.99. The number of nitrogens with one attached hydrogen (secondary N) is 2. The molecule has 2 aromatic heterocycles. The number of fused-ring (bicyclic) bond motifs is 1. The summed E-state index contributed by atoms with van der Waals surface area (Å²) in [6.45, 7) is 2.60. The molecule has 0 aliphatic heterocycles. The molecule has 2 heterocycles. The number of hydrogen-bond acceptors (Lipinski definition) is 5. The monoisotopic (exact) mass is 302 g/mol. The van der Waals surface area contributed by atoms with Gasteiger partial charge in [0.05, 0.1) is 0 Å². The van der Waals surface area contributed by atoms with Crippen molar-refractivity contribution in [1.29, 1.82) is 0 Å². The van der Waals surface area contributed by atoms with Gasteiger partial charge >= 0.3 is 0 Å². The molecule has 108 valence electrons. The summed E-state index contributed by atoms with van der Waals surface area (Å²) >= 11 is 6.13. The summed E-state index contributed by atoms with van der Waals surface area (Å²) < 4.78 is 1.84. The molecular formula is C14H15ClN6. The second-order valence-electron chi connectivity index (χ2n) is 4.68. The third kappa shape index (κ3) is 2.62. The second-order valence-corrected chi connectivity index (χ2v) is 5.09. The number of halogens is 1. The van der Waals surface area contributed by atoms with E-state index in [1.54, 1.807) is 13.2 Å². The minimum Gasteiger partial charge on any atom is -0.363 e. The molecule has 0 saturated carbocycles. The van der Waals surface area contributed by atoms with Gasteiger partial charge in [0.25, 0.3) is 0 Å². The molecule has 6 nitrogen and oxygen atoms in total. The summed E-state index contributed by atoms with van der Waals surface area (Å²) in [5.41, 5.74) is 2.83. The topological polar surface area (TPSA) is 67.1 Å². The van der Waals surface area contributed by atoms with E-state index >= 15 is 0 Å². The van der Waals surface area contributed by atoms with Crippen LogP contribution in [0.4, 0.5) is 11.8 Å². The van der Waals surface area contributed by atoms with Crippen LogP contribution in [0.5, 0.6) is 0 Å². The van der Waals surface area contributed by atoms with Crippen molar-refractivity contribution in [2.45, 2.75) is 13.5 Å². The molecule has 0 unspecified atom stereocenters. The van der Waals surface area contributed by atoms with E-state index in [-0.39, 0.29) is 0 Å². The molecule has 0 aliphatic carbocycles. The maximum absolute atomic E-state index is 6.13. The normalized spacial score (nSPS) is 10.8. The van der Waals surface area contributed by atoms with Gasteiger partial charge in [-0.2, -0.15) is 0 Å². The number of benzene rings is 1. The van der Waals surface area contributed by atoms with E-state index in [0.717, 1.165) is 16.1 Å². The molecule has 21 heavy (non-hydrogen) atoms. The zero-order chi connectivity index (χ0) is 14.8. The highest BCUT2D eigenvalue weighted by atomic mass is 35.5.